The molecule has 5 rings (SSSR count). The Bertz CT molecular complexity index is 1050. The average Bonchev–Trinajstić information content (AvgIpc) is 2.88. The normalized spacial score (nSPS) is 12.6. The first-order valence-electron chi connectivity index (χ1n) is 11.3. The molecule has 168 valence electrons. The Morgan fingerprint density at radius 3 is 1.58 bits per heavy atom. The minimum absolute atomic E-state index is 0. The van der Waals surface area contributed by atoms with Gasteiger partial charge in [-0.05, 0) is 66.9 Å². The van der Waals surface area contributed by atoms with Crippen LogP contribution < -0.4 is 42.4 Å². The molecule has 0 aliphatic carbocycles. The first kappa shape index (κ1) is 23.5. The van der Waals surface area contributed by atoms with Gasteiger partial charge in [0.2, 0.25) is 0 Å². The number of hydrogen-bond acceptors (Lipinski definition) is 2. The van der Waals surface area contributed by atoms with Crippen LogP contribution in [-0.4, -0.2) is 19.4 Å². The second-order valence-corrected chi connectivity index (χ2v) is 11.7. The van der Waals surface area contributed by atoms with E-state index in [4.69, 9.17) is 9.47 Å². The van der Waals surface area contributed by atoms with Gasteiger partial charge in [0.05, 0.1) is 6.16 Å². The highest BCUT2D eigenvalue weighted by Gasteiger charge is 2.44. The third-order valence-electron chi connectivity index (χ3n) is 6.16. The molecule has 0 unspecified atom stereocenters. The maximum Gasteiger partial charge on any atom is 0.161 e. The van der Waals surface area contributed by atoms with E-state index in [1.807, 2.05) is 0 Å². The van der Waals surface area contributed by atoms with Crippen LogP contribution in [0.2, 0.25) is 0 Å². The third kappa shape index (κ3) is 5.00. The van der Waals surface area contributed by atoms with Crippen LogP contribution in [0.15, 0.2) is 109 Å². The first-order chi connectivity index (χ1) is 15.9. The van der Waals surface area contributed by atoms with Crippen molar-refractivity contribution in [2.45, 2.75) is 12.8 Å². The van der Waals surface area contributed by atoms with Gasteiger partial charge < -0.3 is 26.5 Å². The molecule has 0 spiro atoms. The molecule has 1 aliphatic rings. The number of benzene rings is 4. The van der Waals surface area contributed by atoms with Crippen LogP contribution in [0.5, 0.6) is 11.5 Å². The van der Waals surface area contributed by atoms with Gasteiger partial charge in [-0.3, -0.25) is 0 Å². The number of halogens is 1. The van der Waals surface area contributed by atoms with Gasteiger partial charge in [-0.15, -0.1) is 0 Å². The Labute approximate surface area is 207 Å². The molecule has 0 bridgehead atoms. The van der Waals surface area contributed by atoms with Crippen molar-refractivity contribution in [3.8, 4) is 11.5 Å². The molecule has 4 aromatic carbocycles. The summed E-state index contributed by atoms with van der Waals surface area (Å²) in [6.45, 7) is 1.26. The fourth-order valence-electron chi connectivity index (χ4n) is 4.65. The van der Waals surface area contributed by atoms with Crippen LogP contribution in [-0.2, 0) is 6.42 Å². The zero-order valence-electron chi connectivity index (χ0n) is 18.6. The Morgan fingerprint density at radius 2 is 1.06 bits per heavy atom. The number of fused-ring (bicyclic) bond motifs is 1. The topological polar surface area (TPSA) is 18.5 Å². The zero-order valence-corrected chi connectivity index (χ0v) is 21.0. The van der Waals surface area contributed by atoms with Gasteiger partial charge in [0.15, 0.2) is 11.5 Å². The molecule has 0 saturated carbocycles. The van der Waals surface area contributed by atoms with E-state index in [0.29, 0.717) is 13.2 Å². The van der Waals surface area contributed by atoms with Gasteiger partial charge in [0.25, 0.3) is 0 Å². The molecule has 0 amide bonds. The van der Waals surface area contributed by atoms with Gasteiger partial charge in [-0.2, -0.15) is 0 Å². The number of rotatable bonds is 7. The van der Waals surface area contributed by atoms with Crippen molar-refractivity contribution < 1.29 is 26.5 Å². The van der Waals surface area contributed by atoms with Gasteiger partial charge in [-0.1, -0.05) is 60.7 Å². The zero-order chi connectivity index (χ0) is 21.6. The Kier molecular flexibility index (Phi) is 7.85. The highest BCUT2D eigenvalue weighted by Crippen LogP contribution is 2.55. The Hall–Kier alpha value is -2.61. The molecular weight excluding hydrogens is 491 g/mol. The molecule has 4 aromatic rings. The van der Waals surface area contributed by atoms with E-state index >= 15 is 0 Å². The molecule has 0 aromatic heterocycles. The summed E-state index contributed by atoms with van der Waals surface area (Å²) in [5.74, 6) is 1.74. The van der Waals surface area contributed by atoms with Gasteiger partial charge in [-0.25, -0.2) is 0 Å². The molecule has 0 fully saturated rings. The average molecular weight is 519 g/mol. The lowest BCUT2D eigenvalue weighted by atomic mass is 10.1. The summed E-state index contributed by atoms with van der Waals surface area (Å²) < 4.78 is 11.5. The van der Waals surface area contributed by atoms with E-state index in [9.17, 15) is 0 Å². The minimum atomic E-state index is -1.77. The third-order valence-corrected chi connectivity index (χ3v) is 10.7. The smallest absolute Gasteiger partial charge is 0.161 e. The summed E-state index contributed by atoms with van der Waals surface area (Å²) in [7, 11) is -1.77. The van der Waals surface area contributed by atoms with Crippen molar-refractivity contribution >= 4 is 23.2 Å². The summed E-state index contributed by atoms with van der Waals surface area (Å²) in [4.78, 5) is 0. The SMILES string of the molecule is [Br-].c1ccc([P+](CCCc2ccc3c(c2)OCCO3)(c2ccccc2)c2ccccc2)cc1. The number of hydrogen-bond donors (Lipinski definition) is 0. The molecule has 0 N–H and O–H groups in total. The van der Waals surface area contributed by atoms with E-state index in [1.165, 1.54) is 21.5 Å². The number of ether oxygens (including phenoxy) is 2. The lowest BCUT2D eigenvalue weighted by Crippen LogP contribution is -3.00. The molecule has 0 atom stereocenters. The Balaban J connectivity index is 0.00000259. The maximum absolute atomic E-state index is 5.80. The van der Waals surface area contributed by atoms with Crippen molar-refractivity contribution in [1.82, 2.24) is 0 Å². The van der Waals surface area contributed by atoms with Crippen molar-refractivity contribution in [2.24, 2.45) is 0 Å². The van der Waals surface area contributed by atoms with E-state index in [2.05, 4.69) is 109 Å². The highest BCUT2D eigenvalue weighted by molar-refractivity contribution is 7.95. The maximum atomic E-state index is 5.80. The molecule has 2 nitrogen and oxygen atoms in total. The molecule has 0 saturated heterocycles. The van der Waals surface area contributed by atoms with Crippen LogP contribution in [0.25, 0.3) is 0 Å². The van der Waals surface area contributed by atoms with Crippen molar-refractivity contribution in [2.75, 3.05) is 19.4 Å². The van der Waals surface area contributed by atoms with Crippen molar-refractivity contribution in [3.05, 3.63) is 115 Å². The van der Waals surface area contributed by atoms with Crippen LogP contribution >= 0.6 is 7.26 Å². The second-order valence-electron chi connectivity index (χ2n) is 8.12. The van der Waals surface area contributed by atoms with Gasteiger partial charge >= 0.3 is 0 Å². The van der Waals surface area contributed by atoms with Gasteiger partial charge in [0.1, 0.15) is 36.4 Å². The molecule has 0 radical (unpaired) electrons. The monoisotopic (exact) mass is 518 g/mol. The predicted octanol–water partition coefficient (Wildman–Crippen LogP) is 2.39. The molecule has 33 heavy (non-hydrogen) atoms. The van der Waals surface area contributed by atoms with Crippen LogP contribution in [0, 0.1) is 0 Å². The standard InChI is InChI=1S/C29H28O2P.BrH/c1-4-12-25(13-5-1)32(26-14-6-2-7-15-26,27-16-8-3-9-17-27)22-10-11-24-18-19-28-29(23-24)31-21-20-30-28;/h1-9,12-19,23H,10-11,20-22H2;1H/q+1;/p-1. The van der Waals surface area contributed by atoms with Crippen molar-refractivity contribution in [3.63, 3.8) is 0 Å². The van der Waals surface area contributed by atoms with E-state index in [-0.39, 0.29) is 17.0 Å². The first-order valence-corrected chi connectivity index (χ1v) is 13.3. The molecular formula is C29H28BrO2P. The number of aryl methyl sites for hydroxylation is 1. The summed E-state index contributed by atoms with van der Waals surface area (Å²) in [6.07, 6.45) is 3.25. The fourth-order valence-corrected chi connectivity index (χ4v) is 8.99. The molecule has 4 heteroatoms. The lowest BCUT2D eigenvalue weighted by Gasteiger charge is -2.28. The summed E-state index contributed by atoms with van der Waals surface area (Å²) in [6, 6.07) is 39.7. The summed E-state index contributed by atoms with van der Waals surface area (Å²) >= 11 is 0. The summed E-state index contributed by atoms with van der Waals surface area (Å²) in [5.41, 5.74) is 1.31. The Morgan fingerprint density at radius 1 is 0.576 bits per heavy atom. The fraction of sp³-hybridized carbons (Fsp3) is 0.172. The second kappa shape index (κ2) is 11.0. The lowest BCUT2D eigenvalue weighted by molar-refractivity contribution is -0.00000681. The predicted molar refractivity (Wildman–Crippen MR) is 136 cm³/mol. The quantitative estimate of drug-likeness (QED) is 0.350. The van der Waals surface area contributed by atoms with Crippen LogP contribution in [0.4, 0.5) is 0 Å². The van der Waals surface area contributed by atoms with Crippen LogP contribution in [0.3, 0.4) is 0 Å². The van der Waals surface area contributed by atoms with Gasteiger partial charge in [0, 0.05) is 0 Å². The molecule has 1 aliphatic heterocycles. The van der Waals surface area contributed by atoms with Crippen molar-refractivity contribution in [1.29, 1.82) is 0 Å². The van der Waals surface area contributed by atoms with Crippen LogP contribution in [0.1, 0.15) is 12.0 Å². The summed E-state index contributed by atoms with van der Waals surface area (Å²) in [5, 5.41) is 4.33. The molecule has 1 heterocycles. The largest absolute Gasteiger partial charge is 1.00 e. The van der Waals surface area contributed by atoms with E-state index in [1.54, 1.807) is 0 Å². The van der Waals surface area contributed by atoms with E-state index < -0.39 is 7.26 Å². The van der Waals surface area contributed by atoms with E-state index in [0.717, 1.165) is 30.5 Å². The highest BCUT2D eigenvalue weighted by atomic mass is 79.9. The minimum Gasteiger partial charge on any atom is -1.00 e.